The minimum Gasteiger partial charge on any atom is -0.356 e. The van der Waals surface area contributed by atoms with Gasteiger partial charge >= 0.3 is 0 Å². The standard InChI is InChI=1S/C17H27Cl2N3OS/c1-17(2,3)24(23)11-10-22-16(20-4)21-9-5-6-13-7-8-14(18)12-15(13)19/h7-8,12H,5-6,9-11H2,1-4H3,(H2,20,21,22). The third-order valence-electron chi connectivity index (χ3n) is 3.42. The Morgan fingerprint density at radius 3 is 2.46 bits per heavy atom. The summed E-state index contributed by atoms with van der Waals surface area (Å²) < 4.78 is 11.8. The summed E-state index contributed by atoms with van der Waals surface area (Å²) in [6.07, 6.45) is 1.80. The van der Waals surface area contributed by atoms with Crippen molar-refractivity contribution in [2.75, 3.05) is 25.9 Å². The summed E-state index contributed by atoms with van der Waals surface area (Å²) in [5.74, 6) is 1.33. The van der Waals surface area contributed by atoms with Crippen LogP contribution in [0.5, 0.6) is 0 Å². The molecule has 0 bridgehead atoms. The summed E-state index contributed by atoms with van der Waals surface area (Å²) >= 11 is 12.1. The number of guanidine groups is 1. The van der Waals surface area contributed by atoms with Crippen molar-refractivity contribution in [1.82, 2.24) is 10.6 Å². The Labute approximate surface area is 157 Å². The van der Waals surface area contributed by atoms with Crippen LogP contribution in [0.2, 0.25) is 10.0 Å². The van der Waals surface area contributed by atoms with Crippen molar-refractivity contribution in [3.05, 3.63) is 33.8 Å². The molecule has 0 aliphatic rings. The second-order valence-corrected chi connectivity index (χ2v) is 9.59. The Kier molecular flexibility index (Phi) is 9.09. The molecule has 0 saturated heterocycles. The molecule has 1 atom stereocenters. The van der Waals surface area contributed by atoms with Crippen LogP contribution >= 0.6 is 23.2 Å². The second kappa shape index (κ2) is 10.3. The maximum Gasteiger partial charge on any atom is 0.191 e. The molecule has 24 heavy (non-hydrogen) atoms. The first-order chi connectivity index (χ1) is 11.2. The highest BCUT2D eigenvalue weighted by Crippen LogP contribution is 2.21. The molecule has 1 aromatic rings. The van der Waals surface area contributed by atoms with E-state index in [-0.39, 0.29) is 4.75 Å². The SMILES string of the molecule is CN=C(NCCCc1ccc(Cl)cc1Cl)NCCS(=O)C(C)(C)C. The molecule has 0 radical (unpaired) electrons. The van der Waals surface area contributed by atoms with Crippen LogP contribution in [-0.4, -0.2) is 40.8 Å². The molecular formula is C17H27Cl2N3OS. The topological polar surface area (TPSA) is 53.5 Å². The van der Waals surface area contributed by atoms with Gasteiger partial charge in [-0.1, -0.05) is 29.3 Å². The van der Waals surface area contributed by atoms with Gasteiger partial charge < -0.3 is 10.6 Å². The van der Waals surface area contributed by atoms with Gasteiger partial charge in [0, 0.05) is 51.5 Å². The summed E-state index contributed by atoms with van der Waals surface area (Å²) in [7, 11) is 0.865. The molecule has 0 aliphatic carbocycles. The van der Waals surface area contributed by atoms with Crippen LogP contribution in [0.3, 0.4) is 0 Å². The van der Waals surface area contributed by atoms with Gasteiger partial charge in [-0.2, -0.15) is 0 Å². The van der Waals surface area contributed by atoms with E-state index < -0.39 is 10.8 Å². The van der Waals surface area contributed by atoms with E-state index in [1.54, 1.807) is 13.1 Å². The van der Waals surface area contributed by atoms with Gasteiger partial charge in [0.2, 0.25) is 0 Å². The lowest BCUT2D eigenvalue weighted by Crippen LogP contribution is -2.40. The van der Waals surface area contributed by atoms with E-state index in [1.807, 2.05) is 32.9 Å². The summed E-state index contributed by atoms with van der Waals surface area (Å²) in [5, 5.41) is 7.80. The van der Waals surface area contributed by atoms with Gasteiger partial charge in [-0.3, -0.25) is 9.20 Å². The van der Waals surface area contributed by atoms with Gasteiger partial charge in [0.25, 0.3) is 0 Å². The number of aliphatic imine (C=N–C) groups is 1. The monoisotopic (exact) mass is 391 g/mol. The Bertz CT molecular complexity index is 586. The van der Waals surface area contributed by atoms with Crippen molar-refractivity contribution in [1.29, 1.82) is 0 Å². The smallest absolute Gasteiger partial charge is 0.191 e. The van der Waals surface area contributed by atoms with Crippen molar-refractivity contribution < 1.29 is 4.21 Å². The van der Waals surface area contributed by atoms with Crippen LogP contribution in [-0.2, 0) is 17.2 Å². The van der Waals surface area contributed by atoms with Crippen molar-refractivity contribution in [3.63, 3.8) is 0 Å². The predicted molar refractivity (Wildman–Crippen MR) is 107 cm³/mol. The van der Waals surface area contributed by atoms with Crippen molar-refractivity contribution >= 4 is 40.0 Å². The zero-order chi connectivity index (χ0) is 18.2. The highest BCUT2D eigenvalue weighted by atomic mass is 35.5. The molecule has 136 valence electrons. The molecule has 1 unspecified atom stereocenters. The second-order valence-electron chi connectivity index (χ2n) is 6.43. The molecule has 0 aromatic heterocycles. The van der Waals surface area contributed by atoms with E-state index >= 15 is 0 Å². The summed E-state index contributed by atoms with van der Waals surface area (Å²) in [5.41, 5.74) is 1.09. The van der Waals surface area contributed by atoms with E-state index in [0.717, 1.165) is 30.9 Å². The van der Waals surface area contributed by atoms with Gasteiger partial charge in [0.15, 0.2) is 5.96 Å². The lowest BCUT2D eigenvalue weighted by atomic mass is 10.1. The minimum absolute atomic E-state index is 0.184. The van der Waals surface area contributed by atoms with Gasteiger partial charge in [0.05, 0.1) is 0 Å². The molecule has 2 N–H and O–H groups in total. The van der Waals surface area contributed by atoms with Crippen LogP contribution < -0.4 is 10.6 Å². The fraction of sp³-hybridized carbons (Fsp3) is 0.588. The third-order valence-corrected chi connectivity index (χ3v) is 5.94. The first-order valence-electron chi connectivity index (χ1n) is 8.01. The first kappa shape index (κ1) is 21.3. The normalized spacial score (nSPS) is 13.7. The molecule has 0 saturated carbocycles. The molecule has 0 amide bonds. The first-order valence-corrected chi connectivity index (χ1v) is 10.1. The van der Waals surface area contributed by atoms with Gasteiger partial charge in [0.1, 0.15) is 0 Å². The fourth-order valence-electron chi connectivity index (χ4n) is 2.00. The molecular weight excluding hydrogens is 365 g/mol. The number of halogens is 2. The highest BCUT2D eigenvalue weighted by Gasteiger charge is 2.18. The lowest BCUT2D eigenvalue weighted by molar-refractivity contribution is 0.646. The zero-order valence-electron chi connectivity index (χ0n) is 14.8. The maximum absolute atomic E-state index is 12.0. The Morgan fingerprint density at radius 2 is 1.88 bits per heavy atom. The highest BCUT2D eigenvalue weighted by molar-refractivity contribution is 7.86. The lowest BCUT2D eigenvalue weighted by Gasteiger charge is -2.18. The van der Waals surface area contributed by atoms with Crippen LogP contribution in [0.25, 0.3) is 0 Å². The maximum atomic E-state index is 12.0. The number of nitrogens with one attached hydrogen (secondary N) is 2. The number of rotatable bonds is 7. The van der Waals surface area contributed by atoms with Gasteiger partial charge in [-0.15, -0.1) is 0 Å². The van der Waals surface area contributed by atoms with Crippen LogP contribution in [0.15, 0.2) is 23.2 Å². The number of benzene rings is 1. The number of aryl methyl sites for hydroxylation is 1. The van der Waals surface area contributed by atoms with Crippen molar-refractivity contribution in [2.24, 2.45) is 4.99 Å². The van der Waals surface area contributed by atoms with E-state index in [2.05, 4.69) is 15.6 Å². The Morgan fingerprint density at radius 1 is 1.21 bits per heavy atom. The van der Waals surface area contributed by atoms with Gasteiger partial charge in [-0.05, 0) is 51.3 Å². The minimum atomic E-state index is -0.863. The molecule has 0 aliphatic heterocycles. The fourth-order valence-corrected chi connectivity index (χ4v) is 3.40. The zero-order valence-corrected chi connectivity index (χ0v) is 17.1. The molecule has 1 aromatic carbocycles. The molecule has 0 spiro atoms. The average molecular weight is 392 g/mol. The quantitative estimate of drug-likeness (QED) is 0.423. The van der Waals surface area contributed by atoms with E-state index in [1.165, 1.54) is 0 Å². The third kappa shape index (κ3) is 7.86. The van der Waals surface area contributed by atoms with E-state index in [9.17, 15) is 4.21 Å². The van der Waals surface area contributed by atoms with Crippen molar-refractivity contribution in [2.45, 2.75) is 38.4 Å². The average Bonchev–Trinajstić information content (AvgIpc) is 2.50. The number of nitrogens with zero attached hydrogens (tertiary/aromatic N) is 1. The molecule has 1 rings (SSSR count). The molecule has 0 heterocycles. The summed E-state index contributed by atoms with van der Waals surface area (Å²) in [4.78, 5) is 4.17. The number of hydrogen-bond acceptors (Lipinski definition) is 2. The van der Waals surface area contributed by atoms with Crippen molar-refractivity contribution in [3.8, 4) is 0 Å². The van der Waals surface area contributed by atoms with E-state index in [0.29, 0.717) is 22.3 Å². The summed E-state index contributed by atoms with van der Waals surface area (Å²) in [6, 6.07) is 5.58. The largest absolute Gasteiger partial charge is 0.356 e. The van der Waals surface area contributed by atoms with Gasteiger partial charge in [-0.25, -0.2) is 0 Å². The molecule has 7 heteroatoms. The Hall–Kier alpha value is -0.780. The Balaban J connectivity index is 2.28. The predicted octanol–water partition coefficient (Wildman–Crippen LogP) is 3.64. The van der Waals surface area contributed by atoms with Crippen LogP contribution in [0, 0.1) is 0 Å². The molecule has 4 nitrogen and oxygen atoms in total. The molecule has 0 fully saturated rings. The van der Waals surface area contributed by atoms with Crippen LogP contribution in [0.4, 0.5) is 0 Å². The summed E-state index contributed by atoms with van der Waals surface area (Å²) in [6.45, 7) is 7.36. The van der Waals surface area contributed by atoms with E-state index in [4.69, 9.17) is 23.2 Å². The van der Waals surface area contributed by atoms with Crippen LogP contribution in [0.1, 0.15) is 32.8 Å². The number of hydrogen-bond donors (Lipinski definition) is 2.